The van der Waals surface area contributed by atoms with Gasteiger partial charge in [-0.1, -0.05) is 59.7 Å². The predicted molar refractivity (Wildman–Crippen MR) is 208 cm³/mol. The molecule has 14 heteroatoms. The Hall–Kier alpha value is -5.86. The van der Waals surface area contributed by atoms with Crippen LogP contribution in [-0.4, -0.2) is 28.9 Å². The van der Waals surface area contributed by atoms with E-state index in [9.17, 15) is 26.4 Å². The van der Waals surface area contributed by atoms with Gasteiger partial charge in [0.15, 0.2) is 0 Å². The second kappa shape index (κ2) is 16.4. The minimum atomic E-state index is -4.06. The van der Waals surface area contributed by atoms with Gasteiger partial charge in [0.1, 0.15) is 21.3 Å². The maximum absolute atomic E-state index is 13.0. The zero-order valence-electron chi connectivity index (χ0n) is 30.7. The van der Waals surface area contributed by atoms with Crippen LogP contribution in [0.2, 0.25) is 0 Å². The fraction of sp³-hybridized carbons (Fsp3) is 0.200. The van der Waals surface area contributed by atoms with Gasteiger partial charge in [0.05, 0.1) is 0 Å². The molecule has 54 heavy (non-hydrogen) atoms. The third kappa shape index (κ3) is 10.2. The van der Waals surface area contributed by atoms with Gasteiger partial charge in [-0.3, -0.25) is 0 Å². The summed E-state index contributed by atoms with van der Waals surface area (Å²) >= 11 is 0. The van der Waals surface area contributed by atoms with Gasteiger partial charge >= 0.3 is 32.3 Å². The van der Waals surface area contributed by atoms with E-state index in [1.807, 2.05) is 38.1 Å². The van der Waals surface area contributed by atoms with Gasteiger partial charge in [0.25, 0.3) is 0 Å². The van der Waals surface area contributed by atoms with Crippen molar-refractivity contribution in [1.82, 2.24) is 10.6 Å². The van der Waals surface area contributed by atoms with Crippen LogP contribution < -0.4 is 29.6 Å². The molecule has 0 saturated carbocycles. The van der Waals surface area contributed by atoms with Gasteiger partial charge in [-0.15, -0.1) is 0 Å². The molecule has 0 bridgehead atoms. The highest BCUT2D eigenvalue weighted by Crippen LogP contribution is 2.28. The number of anilines is 2. The van der Waals surface area contributed by atoms with Crippen LogP contribution in [0, 0.1) is 41.5 Å². The van der Waals surface area contributed by atoms with Crippen molar-refractivity contribution in [2.75, 3.05) is 10.6 Å². The average Bonchev–Trinajstić information content (AvgIpc) is 3.07. The second-order valence-corrected chi connectivity index (χ2v) is 16.0. The molecule has 282 valence electrons. The molecule has 0 radical (unpaired) electrons. The lowest BCUT2D eigenvalue weighted by atomic mass is 10.1. The van der Waals surface area contributed by atoms with Crippen LogP contribution in [0.3, 0.4) is 0 Å². The Kier molecular flexibility index (Phi) is 12.0. The Morgan fingerprint density at radius 3 is 1.17 bits per heavy atom. The first kappa shape index (κ1) is 39.3. The summed E-state index contributed by atoms with van der Waals surface area (Å²) in [6.45, 7) is 11.1. The number of aryl methyl sites for hydroxylation is 6. The molecule has 5 aromatic carbocycles. The summed E-state index contributed by atoms with van der Waals surface area (Å²) in [4.78, 5) is 25.5. The van der Waals surface area contributed by atoms with Crippen molar-refractivity contribution in [3.05, 3.63) is 142 Å². The molecule has 0 aliphatic heterocycles. The number of hydrogen-bond donors (Lipinski definition) is 4. The largest absolute Gasteiger partial charge is 0.379 e. The van der Waals surface area contributed by atoms with Gasteiger partial charge in [-0.2, -0.15) is 16.8 Å². The van der Waals surface area contributed by atoms with Crippen LogP contribution in [0.25, 0.3) is 0 Å². The van der Waals surface area contributed by atoms with E-state index in [1.54, 1.807) is 52.0 Å². The quantitative estimate of drug-likeness (QED) is 0.0936. The monoisotopic (exact) mass is 770 g/mol. The number of nitrogens with one attached hydrogen (secondary N) is 4. The Balaban J connectivity index is 1.07. The number of benzene rings is 5. The third-order valence-electron chi connectivity index (χ3n) is 8.24. The van der Waals surface area contributed by atoms with Gasteiger partial charge < -0.3 is 29.6 Å². The summed E-state index contributed by atoms with van der Waals surface area (Å²) in [5.74, 6) is 0.221. The van der Waals surface area contributed by atoms with Crippen molar-refractivity contribution in [2.45, 2.75) is 64.4 Å². The number of carbonyl (C=O) groups is 2. The van der Waals surface area contributed by atoms with E-state index in [0.29, 0.717) is 33.6 Å². The minimum absolute atomic E-state index is 0.110. The molecule has 5 aromatic rings. The standard InChI is InChI=1S/C40H42N4O8S2/c1-25-18-27(3)37(28(4)19-25)53(47,48)51-35-14-10-33(11-15-35)43-39(45)41-23-31-8-7-9-32(22-31)24-42-40(46)44-34-12-16-36(17-13-34)52-54(49,50)38-29(5)20-26(2)21-30(38)6/h7-22H,23-24H2,1-6H3,(H2,41,43,45)(H2,42,44,46). The van der Waals surface area contributed by atoms with Crippen LogP contribution in [-0.2, 0) is 33.3 Å². The fourth-order valence-electron chi connectivity index (χ4n) is 6.21. The van der Waals surface area contributed by atoms with E-state index >= 15 is 0 Å². The van der Waals surface area contributed by atoms with Crippen molar-refractivity contribution < 1.29 is 34.8 Å². The zero-order valence-corrected chi connectivity index (χ0v) is 32.4. The number of urea groups is 2. The van der Waals surface area contributed by atoms with Gasteiger partial charge in [-0.05, 0) is 123 Å². The third-order valence-corrected chi connectivity index (χ3v) is 11.4. The molecule has 0 unspecified atom stereocenters. The summed E-state index contributed by atoms with van der Waals surface area (Å²) in [6.07, 6.45) is 0. The molecule has 0 fully saturated rings. The number of hydrogen-bond acceptors (Lipinski definition) is 8. The molecular formula is C40H42N4O8S2. The van der Waals surface area contributed by atoms with Crippen LogP contribution in [0.4, 0.5) is 21.0 Å². The second-order valence-electron chi connectivity index (χ2n) is 13.0. The highest BCUT2D eigenvalue weighted by molar-refractivity contribution is 7.87. The SMILES string of the molecule is Cc1cc(C)c(S(=O)(=O)Oc2ccc(NC(=O)NCc3cccc(CNC(=O)Nc4ccc(OS(=O)(=O)c5c(C)cc(C)cc5C)cc4)c3)cc2)c(C)c1. The normalized spacial score (nSPS) is 11.4. The molecule has 0 atom stereocenters. The van der Waals surface area contributed by atoms with Gasteiger partial charge in [-0.25, -0.2) is 9.59 Å². The van der Waals surface area contributed by atoms with E-state index in [4.69, 9.17) is 8.37 Å². The Labute approximate surface area is 316 Å². The maximum atomic E-state index is 13.0. The minimum Gasteiger partial charge on any atom is -0.379 e. The molecule has 0 aromatic heterocycles. The molecule has 0 spiro atoms. The molecule has 0 aliphatic carbocycles. The molecule has 4 N–H and O–H groups in total. The van der Waals surface area contributed by atoms with E-state index in [2.05, 4.69) is 21.3 Å². The Morgan fingerprint density at radius 1 is 0.500 bits per heavy atom. The van der Waals surface area contributed by atoms with Crippen molar-refractivity contribution >= 4 is 43.7 Å². The van der Waals surface area contributed by atoms with Crippen LogP contribution in [0.5, 0.6) is 11.5 Å². The molecular weight excluding hydrogens is 729 g/mol. The van der Waals surface area contributed by atoms with Crippen molar-refractivity contribution in [3.63, 3.8) is 0 Å². The number of rotatable bonds is 12. The molecule has 0 aliphatic rings. The lowest BCUT2D eigenvalue weighted by Crippen LogP contribution is -2.29. The van der Waals surface area contributed by atoms with Crippen LogP contribution in [0.15, 0.2) is 107 Å². The summed E-state index contributed by atoms with van der Waals surface area (Å²) < 4.78 is 62.6. The Bertz CT molecular complexity index is 2200. The average molecular weight is 771 g/mol. The first-order chi connectivity index (χ1) is 25.5. The molecule has 0 heterocycles. The van der Waals surface area contributed by atoms with Crippen molar-refractivity contribution in [1.29, 1.82) is 0 Å². The molecule has 5 rings (SSSR count). The molecule has 12 nitrogen and oxygen atoms in total. The topological polar surface area (TPSA) is 169 Å². The number of amides is 4. The summed E-state index contributed by atoms with van der Waals surface area (Å²) in [7, 11) is -8.12. The number of carbonyl (C=O) groups excluding carboxylic acids is 2. The highest BCUT2D eigenvalue weighted by atomic mass is 32.2. The Morgan fingerprint density at radius 2 is 0.833 bits per heavy atom. The van der Waals surface area contributed by atoms with Gasteiger partial charge in [0, 0.05) is 24.5 Å². The fourth-order valence-corrected chi connectivity index (χ4v) is 8.92. The predicted octanol–water partition coefficient (Wildman–Crippen LogP) is 7.72. The van der Waals surface area contributed by atoms with Crippen molar-refractivity contribution in [2.24, 2.45) is 0 Å². The summed E-state index contributed by atoms with van der Waals surface area (Å²) in [5.41, 5.74) is 6.76. The van der Waals surface area contributed by atoms with Crippen molar-refractivity contribution in [3.8, 4) is 11.5 Å². The maximum Gasteiger partial charge on any atom is 0.339 e. The van der Waals surface area contributed by atoms with E-state index in [1.165, 1.54) is 48.5 Å². The lowest BCUT2D eigenvalue weighted by molar-refractivity contribution is 0.251. The van der Waals surface area contributed by atoms with Crippen LogP contribution >= 0.6 is 0 Å². The summed E-state index contributed by atoms with van der Waals surface area (Å²) in [6, 6.07) is 25.5. The van der Waals surface area contributed by atoms with E-state index in [0.717, 1.165) is 22.3 Å². The summed E-state index contributed by atoms with van der Waals surface area (Å²) in [5, 5.41) is 11.0. The first-order valence-electron chi connectivity index (χ1n) is 16.9. The van der Waals surface area contributed by atoms with Gasteiger partial charge in [0.2, 0.25) is 0 Å². The lowest BCUT2D eigenvalue weighted by Gasteiger charge is -2.13. The van der Waals surface area contributed by atoms with Crippen LogP contribution in [0.1, 0.15) is 44.5 Å². The zero-order chi connectivity index (χ0) is 39.2. The highest BCUT2D eigenvalue weighted by Gasteiger charge is 2.23. The molecule has 4 amide bonds. The molecule has 0 saturated heterocycles. The van der Waals surface area contributed by atoms with E-state index in [-0.39, 0.29) is 34.4 Å². The smallest absolute Gasteiger partial charge is 0.339 e. The first-order valence-corrected chi connectivity index (χ1v) is 19.7. The van der Waals surface area contributed by atoms with E-state index < -0.39 is 32.3 Å².